The topological polar surface area (TPSA) is 54.9 Å². The molecule has 0 fully saturated rings. The summed E-state index contributed by atoms with van der Waals surface area (Å²) in [5.74, 6) is 0.658. The maximum atomic E-state index is 12.7. The van der Waals surface area contributed by atoms with Crippen molar-refractivity contribution in [1.82, 2.24) is 10.2 Å². The number of rotatable bonds is 8. The van der Waals surface area contributed by atoms with Crippen molar-refractivity contribution in [3.63, 3.8) is 0 Å². The van der Waals surface area contributed by atoms with Gasteiger partial charge in [0.2, 0.25) is 11.0 Å². The Bertz CT molecular complexity index is 821. The van der Waals surface area contributed by atoms with Crippen LogP contribution in [0.25, 0.3) is 0 Å². The standard InChI is InChI=1S/C20H21N3OS2/c1-2-9-17(16-12-7-4-8-13-16)18(24)21-19-22-23-20(26-19)25-14-15-10-5-3-6-11-15/h3-8,10-13,17H,2,9,14H2,1H3,(H,21,22,24). The first-order chi connectivity index (χ1) is 12.8. The minimum Gasteiger partial charge on any atom is -0.300 e. The SMILES string of the molecule is CCCC(C(=O)Nc1nnc(SCc2ccccc2)s1)c1ccccc1. The van der Waals surface area contributed by atoms with E-state index in [2.05, 4.69) is 34.6 Å². The highest BCUT2D eigenvalue weighted by Crippen LogP contribution is 2.29. The van der Waals surface area contributed by atoms with E-state index < -0.39 is 0 Å². The predicted molar refractivity (Wildman–Crippen MR) is 109 cm³/mol. The quantitative estimate of drug-likeness (QED) is 0.421. The van der Waals surface area contributed by atoms with Gasteiger partial charge in [0.15, 0.2) is 4.34 Å². The minimum absolute atomic E-state index is 0.0196. The maximum absolute atomic E-state index is 12.7. The third-order valence-electron chi connectivity index (χ3n) is 3.94. The average Bonchev–Trinajstić information content (AvgIpc) is 3.13. The van der Waals surface area contributed by atoms with E-state index in [0.717, 1.165) is 28.5 Å². The molecule has 0 aliphatic heterocycles. The van der Waals surface area contributed by atoms with Gasteiger partial charge in [0.05, 0.1) is 5.92 Å². The van der Waals surface area contributed by atoms with Crippen LogP contribution in [0, 0.1) is 0 Å². The van der Waals surface area contributed by atoms with Crippen LogP contribution in [0.5, 0.6) is 0 Å². The molecule has 0 bridgehead atoms. The molecule has 4 nitrogen and oxygen atoms in total. The van der Waals surface area contributed by atoms with Crippen LogP contribution < -0.4 is 5.32 Å². The van der Waals surface area contributed by atoms with E-state index >= 15 is 0 Å². The number of aromatic nitrogens is 2. The number of amides is 1. The van der Waals surface area contributed by atoms with Crippen molar-refractivity contribution in [2.45, 2.75) is 35.8 Å². The molecule has 3 rings (SSSR count). The van der Waals surface area contributed by atoms with Crippen molar-refractivity contribution in [1.29, 1.82) is 0 Å². The first-order valence-electron chi connectivity index (χ1n) is 8.62. The van der Waals surface area contributed by atoms with Crippen LogP contribution in [0.3, 0.4) is 0 Å². The summed E-state index contributed by atoms with van der Waals surface area (Å²) in [5, 5.41) is 11.8. The monoisotopic (exact) mass is 383 g/mol. The highest BCUT2D eigenvalue weighted by atomic mass is 32.2. The average molecular weight is 384 g/mol. The number of anilines is 1. The van der Waals surface area contributed by atoms with E-state index in [9.17, 15) is 4.79 Å². The molecular weight excluding hydrogens is 362 g/mol. The maximum Gasteiger partial charge on any atom is 0.233 e. The number of carbonyl (C=O) groups is 1. The summed E-state index contributed by atoms with van der Waals surface area (Å²) < 4.78 is 0.857. The van der Waals surface area contributed by atoms with Gasteiger partial charge in [-0.2, -0.15) is 0 Å². The lowest BCUT2D eigenvalue weighted by Crippen LogP contribution is -2.21. The van der Waals surface area contributed by atoms with E-state index in [4.69, 9.17) is 0 Å². The Labute approximate surface area is 162 Å². The van der Waals surface area contributed by atoms with Gasteiger partial charge in [-0.15, -0.1) is 10.2 Å². The molecule has 1 heterocycles. The summed E-state index contributed by atoms with van der Waals surface area (Å²) in [6, 6.07) is 20.1. The molecule has 0 aliphatic carbocycles. The fourth-order valence-corrected chi connectivity index (χ4v) is 4.36. The van der Waals surface area contributed by atoms with E-state index in [-0.39, 0.29) is 11.8 Å². The summed E-state index contributed by atoms with van der Waals surface area (Å²) in [5.41, 5.74) is 2.28. The van der Waals surface area contributed by atoms with Crippen LogP contribution in [0.4, 0.5) is 5.13 Å². The Hall–Kier alpha value is -2.18. The smallest absolute Gasteiger partial charge is 0.233 e. The molecule has 0 saturated carbocycles. The van der Waals surface area contributed by atoms with E-state index in [1.807, 2.05) is 48.5 Å². The highest BCUT2D eigenvalue weighted by Gasteiger charge is 2.21. The lowest BCUT2D eigenvalue weighted by Gasteiger charge is -2.15. The summed E-state index contributed by atoms with van der Waals surface area (Å²) in [6.07, 6.45) is 1.76. The van der Waals surface area contributed by atoms with Crippen molar-refractivity contribution in [3.05, 3.63) is 71.8 Å². The van der Waals surface area contributed by atoms with Crippen LogP contribution in [0.2, 0.25) is 0 Å². The molecule has 0 aliphatic rings. The van der Waals surface area contributed by atoms with Gasteiger partial charge in [0.1, 0.15) is 0 Å². The third kappa shape index (κ3) is 5.16. The van der Waals surface area contributed by atoms with E-state index in [1.165, 1.54) is 16.9 Å². The Morgan fingerprint density at radius 3 is 2.46 bits per heavy atom. The molecule has 1 amide bonds. The van der Waals surface area contributed by atoms with Crippen LogP contribution in [0.1, 0.15) is 36.8 Å². The number of benzene rings is 2. The summed E-state index contributed by atoms with van der Waals surface area (Å²) in [4.78, 5) is 12.7. The molecule has 0 radical (unpaired) electrons. The Balaban J connectivity index is 1.61. The van der Waals surface area contributed by atoms with Crippen LogP contribution in [-0.4, -0.2) is 16.1 Å². The molecule has 0 spiro atoms. The number of carbonyl (C=O) groups excluding carboxylic acids is 1. The number of nitrogens with zero attached hydrogens (tertiary/aromatic N) is 2. The minimum atomic E-state index is -0.162. The van der Waals surface area contributed by atoms with E-state index in [1.54, 1.807) is 11.8 Å². The first kappa shape index (κ1) is 18.6. The fourth-order valence-electron chi connectivity index (χ4n) is 2.65. The summed E-state index contributed by atoms with van der Waals surface area (Å²) >= 11 is 3.05. The first-order valence-corrected chi connectivity index (χ1v) is 10.4. The molecule has 1 atom stereocenters. The molecule has 26 heavy (non-hydrogen) atoms. The molecule has 3 aromatic rings. The second-order valence-electron chi connectivity index (χ2n) is 5.89. The zero-order valence-corrected chi connectivity index (χ0v) is 16.2. The molecule has 134 valence electrons. The van der Waals surface area contributed by atoms with Crippen LogP contribution in [-0.2, 0) is 10.5 Å². The van der Waals surface area contributed by atoms with Gasteiger partial charge in [0, 0.05) is 5.75 Å². The van der Waals surface area contributed by atoms with Gasteiger partial charge in [-0.05, 0) is 17.5 Å². The summed E-state index contributed by atoms with van der Waals surface area (Å²) in [6.45, 7) is 2.09. The zero-order valence-electron chi connectivity index (χ0n) is 14.6. The third-order valence-corrected chi connectivity index (χ3v) is 5.98. The Kier molecular flexibility index (Phi) is 6.80. The van der Waals surface area contributed by atoms with Gasteiger partial charge in [-0.25, -0.2) is 0 Å². The second kappa shape index (κ2) is 9.50. The lowest BCUT2D eigenvalue weighted by molar-refractivity contribution is -0.117. The zero-order chi connectivity index (χ0) is 18.2. The van der Waals surface area contributed by atoms with Crippen LogP contribution in [0.15, 0.2) is 65.0 Å². The fraction of sp³-hybridized carbons (Fsp3) is 0.250. The number of hydrogen-bond acceptors (Lipinski definition) is 5. The summed E-state index contributed by atoms with van der Waals surface area (Å²) in [7, 11) is 0. The van der Waals surface area contributed by atoms with Crippen molar-refractivity contribution < 1.29 is 4.79 Å². The van der Waals surface area contributed by atoms with Gasteiger partial charge in [0.25, 0.3) is 0 Å². The molecule has 0 saturated heterocycles. The molecular formula is C20H21N3OS2. The second-order valence-corrected chi connectivity index (χ2v) is 8.09. The molecule has 6 heteroatoms. The normalized spacial score (nSPS) is 11.9. The van der Waals surface area contributed by atoms with E-state index in [0.29, 0.717) is 5.13 Å². The van der Waals surface area contributed by atoms with Crippen LogP contribution >= 0.6 is 23.1 Å². The van der Waals surface area contributed by atoms with Gasteiger partial charge < -0.3 is 0 Å². The van der Waals surface area contributed by atoms with Gasteiger partial charge >= 0.3 is 0 Å². The highest BCUT2D eigenvalue weighted by molar-refractivity contribution is 8.00. The molecule has 1 N–H and O–H groups in total. The van der Waals surface area contributed by atoms with Crippen molar-refractivity contribution in [2.75, 3.05) is 5.32 Å². The van der Waals surface area contributed by atoms with Gasteiger partial charge in [-0.1, -0.05) is 97.1 Å². The molecule has 1 unspecified atom stereocenters. The number of thioether (sulfide) groups is 1. The number of hydrogen-bond donors (Lipinski definition) is 1. The number of nitrogens with one attached hydrogen (secondary N) is 1. The lowest BCUT2D eigenvalue weighted by atomic mass is 9.94. The van der Waals surface area contributed by atoms with Crippen molar-refractivity contribution >= 4 is 34.1 Å². The predicted octanol–water partition coefficient (Wildman–Crippen LogP) is 5.35. The van der Waals surface area contributed by atoms with Crippen molar-refractivity contribution in [3.8, 4) is 0 Å². The Morgan fingerprint density at radius 2 is 1.77 bits per heavy atom. The molecule has 2 aromatic carbocycles. The Morgan fingerprint density at radius 1 is 1.08 bits per heavy atom. The van der Waals surface area contributed by atoms with Gasteiger partial charge in [-0.3, -0.25) is 10.1 Å². The van der Waals surface area contributed by atoms with Crippen molar-refractivity contribution in [2.24, 2.45) is 0 Å². The molecule has 1 aromatic heterocycles. The largest absolute Gasteiger partial charge is 0.300 e.